The van der Waals surface area contributed by atoms with Gasteiger partial charge in [0.05, 0.1) is 0 Å². The quantitative estimate of drug-likeness (QED) is 0.547. The molecule has 0 radical (unpaired) electrons. The Labute approximate surface area is 163 Å². The molecule has 4 aliphatic rings. The molecule has 27 heavy (non-hydrogen) atoms. The molecule has 0 saturated heterocycles. The molecule has 1 aromatic rings. The largest absolute Gasteiger partial charge is 0.264 e. The Morgan fingerprint density at radius 2 is 2.04 bits per heavy atom. The van der Waals surface area contributed by atoms with E-state index in [4.69, 9.17) is 0 Å². The molecule has 4 atom stereocenters. The lowest BCUT2D eigenvalue weighted by atomic mass is 9.48. The first kappa shape index (κ1) is 17.0. The summed E-state index contributed by atoms with van der Waals surface area (Å²) in [6.45, 7) is 11.7. The van der Waals surface area contributed by atoms with Crippen LogP contribution in [-0.2, 0) is 0 Å². The van der Waals surface area contributed by atoms with Crippen molar-refractivity contribution in [1.82, 2.24) is 4.98 Å². The highest BCUT2D eigenvalue weighted by atomic mass is 14.6. The molecule has 0 aliphatic heterocycles. The standard InChI is InChI=1S/C26H29N/c1-17-9-11-26(4)23-10-12-25(3)21(19-6-5-13-27-16-19)7-8-22(25)20(23)15-18(2)24(26)14-17/h5-9,13-14,16,20,23H,2,10-12,15H2,1,3-4H3/t20-,23-,25+,26+/m0/s1. The summed E-state index contributed by atoms with van der Waals surface area (Å²) in [6, 6.07) is 4.27. The number of rotatable bonds is 1. The van der Waals surface area contributed by atoms with Gasteiger partial charge in [0.25, 0.3) is 0 Å². The summed E-state index contributed by atoms with van der Waals surface area (Å²) in [6.07, 6.45) is 18.4. The molecule has 1 heterocycles. The fourth-order valence-electron chi connectivity index (χ4n) is 6.49. The minimum absolute atomic E-state index is 0.155. The Morgan fingerprint density at radius 3 is 2.81 bits per heavy atom. The first-order chi connectivity index (χ1) is 12.9. The van der Waals surface area contributed by atoms with Gasteiger partial charge in [-0.1, -0.05) is 67.5 Å². The van der Waals surface area contributed by atoms with Crippen molar-refractivity contribution in [1.29, 1.82) is 0 Å². The van der Waals surface area contributed by atoms with Crippen LogP contribution in [0.4, 0.5) is 0 Å². The van der Waals surface area contributed by atoms with E-state index in [0.29, 0.717) is 5.92 Å². The van der Waals surface area contributed by atoms with Crippen LogP contribution in [0.2, 0.25) is 0 Å². The molecule has 4 aliphatic carbocycles. The number of aromatic nitrogens is 1. The highest BCUT2D eigenvalue weighted by Crippen LogP contribution is 2.65. The van der Waals surface area contributed by atoms with Crippen LogP contribution >= 0.6 is 0 Å². The Balaban J connectivity index is 1.53. The number of fused-ring (bicyclic) bond motifs is 5. The van der Waals surface area contributed by atoms with Crippen molar-refractivity contribution < 1.29 is 0 Å². The molecule has 1 nitrogen and oxygen atoms in total. The lowest BCUT2D eigenvalue weighted by molar-refractivity contribution is 0.0967. The topological polar surface area (TPSA) is 12.9 Å². The van der Waals surface area contributed by atoms with E-state index in [9.17, 15) is 0 Å². The summed E-state index contributed by atoms with van der Waals surface area (Å²) in [5.74, 6) is 1.34. The zero-order chi connectivity index (χ0) is 18.8. The maximum absolute atomic E-state index is 4.53. The van der Waals surface area contributed by atoms with Crippen molar-refractivity contribution >= 4 is 5.57 Å². The summed E-state index contributed by atoms with van der Waals surface area (Å²) in [7, 11) is 0. The van der Waals surface area contributed by atoms with Gasteiger partial charge < -0.3 is 0 Å². The smallest absolute Gasteiger partial charge is 0.0343 e. The summed E-state index contributed by atoms with van der Waals surface area (Å²) in [5.41, 5.74) is 9.09. The fourth-order valence-corrected chi connectivity index (χ4v) is 6.49. The average molecular weight is 356 g/mol. The number of hydrogen-bond acceptors (Lipinski definition) is 1. The molecule has 0 bridgehead atoms. The summed E-state index contributed by atoms with van der Waals surface area (Å²) < 4.78 is 0. The van der Waals surface area contributed by atoms with Gasteiger partial charge in [0.1, 0.15) is 0 Å². The molecule has 2 saturated carbocycles. The molecule has 2 fully saturated rings. The van der Waals surface area contributed by atoms with Gasteiger partial charge in [0.2, 0.25) is 0 Å². The minimum atomic E-state index is 0.155. The molecule has 0 aromatic carbocycles. The van der Waals surface area contributed by atoms with Crippen LogP contribution in [-0.4, -0.2) is 4.98 Å². The molecule has 0 unspecified atom stereocenters. The van der Waals surface area contributed by atoms with E-state index < -0.39 is 0 Å². The summed E-state index contributed by atoms with van der Waals surface area (Å²) >= 11 is 0. The first-order valence-electron chi connectivity index (χ1n) is 10.3. The Kier molecular flexibility index (Phi) is 3.57. The predicted octanol–water partition coefficient (Wildman–Crippen LogP) is 6.68. The van der Waals surface area contributed by atoms with Crippen molar-refractivity contribution in [2.24, 2.45) is 22.7 Å². The average Bonchev–Trinajstić information content (AvgIpc) is 3.01. The molecule has 0 amide bonds. The zero-order valence-electron chi connectivity index (χ0n) is 16.8. The number of allylic oxidation sites excluding steroid dienone is 9. The third kappa shape index (κ3) is 2.27. The van der Waals surface area contributed by atoms with E-state index in [1.54, 1.807) is 5.57 Å². The number of hydrogen-bond donors (Lipinski definition) is 0. The highest BCUT2D eigenvalue weighted by Gasteiger charge is 2.54. The second-order valence-corrected chi connectivity index (χ2v) is 9.46. The van der Waals surface area contributed by atoms with Crippen LogP contribution in [0.15, 0.2) is 77.7 Å². The van der Waals surface area contributed by atoms with Gasteiger partial charge in [0, 0.05) is 17.8 Å². The van der Waals surface area contributed by atoms with Gasteiger partial charge >= 0.3 is 0 Å². The maximum atomic E-state index is 4.53. The third-order valence-electron chi connectivity index (χ3n) is 7.98. The van der Waals surface area contributed by atoms with E-state index in [1.807, 2.05) is 12.4 Å². The molecule has 1 aromatic heterocycles. The lowest BCUT2D eigenvalue weighted by Crippen LogP contribution is -2.46. The Morgan fingerprint density at radius 1 is 1.19 bits per heavy atom. The molecular weight excluding hydrogens is 326 g/mol. The van der Waals surface area contributed by atoms with E-state index >= 15 is 0 Å². The van der Waals surface area contributed by atoms with Gasteiger partial charge in [-0.25, -0.2) is 0 Å². The molecule has 1 heteroatoms. The van der Waals surface area contributed by atoms with Crippen molar-refractivity contribution in [3.8, 4) is 0 Å². The number of pyridine rings is 1. The summed E-state index contributed by atoms with van der Waals surface area (Å²) in [4.78, 5) is 4.37. The van der Waals surface area contributed by atoms with Crippen LogP contribution in [0, 0.1) is 22.7 Å². The van der Waals surface area contributed by atoms with E-state index in [0.717, 1.165) is 18.8 Å². The fraction of sp³-hybridized carbons (Fsp3) is 0.423. The Hall–Kier alpha value is -2.15. The molecule has 138 valence electrons. The molecular formula is C26H29N. The minimum Gasteiger partial charge on any atom is -0.264 e. The van der Waals surface area contributed by atoms with Crippen molar-refractivity contribution in [3.05, 3.63) is 83.3 Å². The van der Waals surface area contributed by atoms with Gasteiger partial charge in [-0.05, 0) is 72.6 Å². The summed E-state index contributed by atoms with van der Waals surface area (Å²) in [5, 5.41) is 0. The molecule has 0 N–H and O–H groups in total. The lowest BCUT2D eigenvalue weighted by Gasteiger charge is -2.56. The zero-order valence-corrected chi connectivity index (χ0v) is 16.8. The van der Waals surface area contributed by atoms with Crippen LogP contribution in [0.1, 0.15) is 52.0 Å². The van der Waals surface area contributed by atoms with Crippen LogP contribution in [0.5, 0.6) is 0 Å². The van der Waals surface area contributed by atoms with Crippen molar-refractivity contribution in [2.75, 3.05) is 0 Å². The Bertz CT molecular complexity index is 942. The second kappa shape index (κ2) is 5.67. The third-order valence-corrected chi connectivity index (χ3v) is 7.98. The van der Waals surface area contributed by atoms with Gasteiger partial charge in [-0.15, -0.1) is 0 Å². The van der Waals surface area contributed by atoms with Crippen molar-refractivity contribution in [3.63, 3.8) is 0 Å². The molecule has 0 spiro atoms. The second-order valence-electron chi connectivity index (χ2n) is 9.46. The monoisotopic (exact) mass is 355 g/mol. The van der Waals surface area contributed by atoms with Crippen LogP contribution in [0.3, 0.4) is 0 Å². The van der Waals surface area contributed by atoms with E-state index in [-0.39, 0.29) is 10.8 Å². The van der Waals surface area contributed by atoms with Crippen LogP contribution in [0.25, 0.3) is 5.57 Å². The van der Waals surface area contributed by atoms with Crippen molar-refractivity contribution in [2.45, 2.75) is 46.5 Å². The number of nitrogens with zero attached hydrogens (tertiary/aromatic N) is 1. The highest BCUT2D eigenvalue weighted by molar-refractivity contribution is 5.78. The first-order valence-corrected chi connectivity index (χ1v) is 10.3. The van der Waals surface area contributed by atoms with Gasteiger partial charge in [-0.2, -0.15) is 0 Å². The predicted molar refractivity (Wildman–Crippen MR) is 113 cm³/mol. The normalized spacial score (nSPS) is 37.4. The van der Waals surface area contributed by atoms with E-state index in [1.165, 1.54) is 40.7 Å². The van der Waals surface area contributed by atoms with E-state index in [2.05, 4.69) is 68.8 Å². The maximum Gasteiger partial charge on any atom is 0.0343 e. The van der Waals surface area contributed by atoms with Gasteiger partial charge in [0.15, 0.2) is 0 Å². The van der Waals surface area contributed by atoms with Gasteiger partial charge in [-0.3, -0.25) is 4.98 Å². The van der Waals surface area contributed by atoms with Crippen LogP contribution < -0.4 is 0 Å². The SMILES string of the molecule is C=C1C[C@H]2C3=CC=C(c4cccnc4)[C@@]3(C)CC[C@@H]2[C@@]2(C)CC=C(C)C=C12. The molecule has 5 rings (SSSR count).